The molecular formula is C16H26. The van der Waals surface area contributed by atoms with Gasteiger partial charge in [0.25, 0.3) is 0 Å². The van der Waals surface area contributed by atoms with E-state index in [1.807, 2.05) is 0 Å². The van der Waals surface area contributed by atoms with E-state index in [9.17, 15) is 0 Å². The molecule has 5 rings (SSSR count). The Morgan fingerprint density at radius 1 is 0.938 bits per heavy atom. The van der Waals surface area contributed by atoms with Gasteiger partial charge in [0.15, 0.2) is 0 Å². The molecule has 5 aliphatic carbocycles. The molecule has 5 aliphatic rings. The van der Waals surface area contributed by atoms with Gasteiger partial charge in [0.2, 0.25) is 0 Å². The van der Waals surface area contributed by atoms with E-state index in [0.29, 0.717) is 0 Å². The van der Waals surface area contributed by atoms with E-state index in [-0.39, 0.29) is 0 Å². The monoisotopic (exact) mass is 218 g/mol. The van der Waals surface area contributed by atoms with E-state index in [0.717, 1.165) is 29.1 Å². The fourth-order valence-corrected chi connectivity index (χ4v) is 6.61. The van der Waals surface area contributed by atoms with Gasteiger partial charge in [-0.1, -0.05) is 20.3 Å². The Balaban J connectivity index is 1.71. The molecule has 0 heteroatoms. The molecule has 90 valence electrons. The van der Waals surface area contributed by atoms with E-state index in [1.54, 1.807) is 38.5 Å². The second kappa shape index (κ2) is 3.06. The molecule has 0 amide bonds. The maximum absolute atomic E-state index is 2.61. The summed E-state index contributed by atoms with van der Waals surface area (Å²) < 4.78 is 0. The third-order valence-corrected chi connectivity index (χ3v) is 7.35. The van der Waals surface area contributed by atoms with Crippen LogP contribution in [0.2, 0.25) is 0 Å². The van der Waals surface area contributed by atoms with E-state index >= 15 is 0 Å². The first-order chi connectivity index (χ1) is 7.73. The molecule has 4 unspecified atom stereocenters. The van der Waals surface area contributed by atoms with Crippen molar-refractivity contribution in [1.29, 1.82) is 0 Å². The van der Waals surface area contributed by atoms with Gasteiger partial charge in [0, 0.05) is 0 Å². The molecule has 5 fully saturated rings. The minimum absolute atomic E-state index is 0.739. The van der Waals surface area contributed by atoms with Gasteiger partial charge in [-0.3, -0.25) is 0 Å². The number of fused-ring (bicyclic) bond motifs is 4. The molecule has 16 heavy (non-hydrogen) atoms. The molecular weight excluding hydrogens is 192 g/mol. The van der Waals surface area contributed by atoms with E-state index in [4.69, 9.17) is 0 Å². The second-order valence-electron chi connectivity index (χ2n) is 7.64. The summed E-state index contributed by atoms with van der Waals surface area (Å²) in [5.74, 6) is 6.95. The average molecular weight is 218 g/mol. The Morgan fingerprint density at radius 2 is 1.56 bits per heavy atom. The summed E-state index contributed by atoms with van der Waals surface area (Å²) in [5, 5.41) is 0. The van der Waals surface area contributed by atoms with Crippen LogP contribution >= 0.6 is 0 Å². The maximum atomic E-state index is 2.61. The lowest BCUT2D eigenvalue weighted by molar-refractivity contribution is -0.0569. The van der Waals surface area contributed by atoms with Crippen LogP contribution in [0.4, 0.5) is 0 Å². The van der Waals surface area contributed by atoms with Crippen LogP contribution < -0.4 is 0 Å². The Bertz CT molecular complexity index is 299. The second-order valence-corrected chi connectivity index (χ2v) is 7.64. The third-order valence-electron chi connectivity index (χ3n) is 7.35. The summed E-state index contributed by atoms with van der Waals surface area (Å²) in [6.07, 6.45) is 11.0. The molecule has 0 aromatic heterocycles. The van der Waals surface area contributed by atoms with Crippen LogP contribution in [0.1, 0.15) is 58.8 Å². The van der Waals surface area contributed by atoms with Gasteiger partial charge in [0.05, 0.1) is 0 Å². The first kappa shape index (κ1) is 9.97. The summed E-state index contributed by atoms with van der Waals surface area (Å²) >= 11 is 0. The first-order valence-corrected chi connectivity index (χ1v) is 7.73. The predicted octanol–water partition coefficient (Wildman–Crippen LogP) is 4.49. The lowest BCUT2D eigenvalue weighted by Gasteiger charge is -2.55. The molecule has 0 nitrogen and oxygen atoms in total. The fourth-order valence-electron chi connectivity index (χ4n) is 6.61. The highest BCUT2D eigenvalue weighted by Crippen LogP contribution is 2.70. The Labute approximate surface area is 100 Å². The zero-order valence-electron chi connectivity index (χ0n) is 10.9. The lowest BCUT2D eigenvalue weighted by Crippen LogP contribution is -2.47. The van der Waals surface area contributed by atoms with Crippen molar-refractivity contribution in [1.82, 2.24) is 0 Å². The van der Waals surface area contributed by atoms with Crippen LogP contribution in [0.25, 0.3) is 0 Å². The van der Waals surface area contributed by atoms with Crippen LogP contribution in [-0.4, -0.2) is 0 Å². The van der Waals surface area contributed by atoms with Crippen molar-refractivity contribution in [3.63, 3.8) is 0 Å². The van der Waals surface area contributed by atoms with Crippen molar-refractivity contribution in [3.8, 4) is 0 Å². The minimum Gasteiger partial charge on any atom is -0.0649 e. The molecule has 4 bridgehead atoms. The minimum atomic E-state index is 0.739. The van der Waals surface area contributed by atoms with Crippen molar-refractivity contribution in [2.24, 2.45) is 40.9 Å². The van der Waals surface area contributed by atoms with Gasteiger partial charge < -0.3 is 0 Å². The topological polar surface area (TPSA) is 0 Å². The fraction of sp³-hybridized carbons (Fsp3) is 1.00. The largest absolute Gasteiger partial charge is 0.0649 e. The van der Waals surface area contributed by atoms with Crippen LogP contribution in [0.3, 0.4) is 0 Å². The molecule has 0 spiro atoms. The van der Waals surface area contributed by atoms with Crippen molar-refractivity contribution in [3.05, 3.63) is 0 Å². The number of hydrogen-bond acceptors (Lipinski definition) is 0. The van der Waals surface area contributed by atoms with Crippen LogP contribution in [-0.2, 0) is 0 Å². The zero-order valence-corrected chi connectivity index (χ0v) is 10.9. The van der Waals surface area contributed by atoms with Crippen molar-refractivity contribution in [2.75, 3.05) is 0 Å². The first-order valence-electron chi connectivity index (χ1n) is 7.73. The molecule has 0 saturated heterocycles. The normalized spacial score (nSPS) is 62.6. The van der Waals surface area contributed by atoms with Gasteiger partial charge in [-0.05, 0) is 79.4 Å². The maximum Gasteiger partial charge on any atom is -0.0294 e. The van der Waals surface area contributed by atoms with Crippen molar-refractivity contribution < 1.29 is 0 Å². The van der Waals surface area contributed by atoms with Gasteiger partial charge in [0.1, 0.15) is 0 Å². The van der Waals surface area contributed by atoms with Crippen LogP contribution in [0.5, 0.6) is 0 Å². The number of hydrogen-bond donors (Lipinski definition) is 0. The van der Waals surface area contributed by atoms with Gasteiger partial charge >= 0.3 is 0 Å². The Kier molecular flexibility index (Phi) is 1.91. The highest BCUT2D eigenvalue weighted by Gasteiger charge is 2.62. The smallest absolute Gasteiger partial charge is 0.0294 e. The van der Waals surface area contributed by atoms with E-state index in [1.165, 1.54) is 18.3 Å². The van der Waals surface area contributed by atoms with Gasteiger partial charge in [-0.25, -0.2) is 0 Å². The molecule has 5 atom stereocenters. The molecule has 0 aliphatic heterocycles. The standard InChI is InChI=1S/C16H26/c1-3-16(2)9-12-8-13(16)15-11-6-4-10(5-7-11)14(12)15/h10-15H,3-9H2,1-2H3/t10?,11?,12?,13?,14?,15?,16-/m0/s1. The van der Waals surface area contributed by atoms with Gasteiger partial charge in [-0.15, -0.1) is 0 Å². The molecule has 0 N–H and O–H groups in total. The quantitative estimate of drug-likeness (QED) is 0.608. The molecule has 0 aromatic carbocycles. The highest BCUT2D eigenvalue weighted by molar-refractivity contribution is 5.11. The SMILES string of the molecule is CC[C@@]1(C)CC2CC1C1C3CCC(CC3)C21. The summed E-state index contributed by atoms with van der Waals surface area (Å²) in [6, 6.07) is 0. The molecule has 0 heterocycles. The highest BCUT2D eigenvalue weighted by atomic mass is 14.7. The summed E-state index contributed by atoms with van der Waals surface area (Å²) in [4.78, 5) is 0. The predicted molar refractivity (Wildman–Crippen MR) is 67.0 cm³/mol. The Hall–Kier alpha value is 0. The van der Waals surface area contributed by atoms with Gasteiger partial charge in [-0.2, -0.15) is 0 Å². The van der Waals surface area contributed by atoms with Crippen LogP contribution in [0.15, 0.2) is 0 Å². The van der Waals surface area contributed by atoms with E-state index in [2.05, 4.69) is 13.8 Å². The Morgan fingerprint density at radius 3 is 2.19 bits per heavy atom. The summed E-state index contributed by atoms with van der Waals surface area (Å²) in [7, 11) is 0. The molecule has 0 radical (unpaired) electrons. The average Bonchev–Trinajstić information content (AvgIpc) is 2.88. The summed E-state index contributed by atoms with van der Waals surface area (Å²) in [6.45, 7) is 5.05. The molecule has 5 saturated carbocycles. The van der Waals surface area contributed by atoms with Crippen LogP contribution in [0, 0.1) is 40.9 Å². The summed E-state index contributed by atoms with van der Waals surface area (Å²) in [5.41, 5.74) is 0.739. The number of rotatable bonds is 1. The van der Waals surface area contributed by atoms with Crippen molar-refractivity contribution >= 4 is 0 Å². The van der Waals surface area contributed by atoms with Crippen molar-refractivity contribution in [2.45, 2.75) is 58.8 Å². The lowest BCUT2D eigenvalue weighted by atomic mass is 9.50. The third kappa shape index (κ3) is 1.03. The zero-order chi connectivity index (χ0) is 10.9. The van der Waals surface area contributed by atoms with E-state index < -0.39 is 0 Å². The molecule has 0 aromatic rings.